The summed E-state index contributed by atoms with van der Waals surface area (Å²) in [5.74, 6) is -0.587. The van der Waals surface area contributed by atoms with Gasteiger partial charge in [-0.2, -0.15) is 4.68 Å². The zero-order valence-corrected chi connectivity index (χ0v) is 20.5. The summed E-state index contributed by atoms with van der Waals surface area (Å²) in [6, 6.07) is 5.97. The van der Waals surface area contributed by atoms with E-state index in [1.807, 2.05) is 34.6 Å². The molecule has 1 atom stereocenters. The minimum absolute atomic E-state index is 0.0273. The standard InChI is InChI=1S/C25H32FN5O3/c1-7-9-16(5)34-21-13-20(31-25(33)30(6)22(8-2)29-31)19(26)12-18(21)24(32)28-23-14(3)10-17(27)11-15(23)4/h10-13,16H,7-9,27H2,1-6H3,(H,28,32). The van der Waals surface area contributed by atoms with Crippen molar-refractivity contribution >= 4 is 17.3 Å². The number of carbonyl (C=O) groups is 1. The lowest BCUT2D eigenvalue weighted by atomic mass is 10.1. The molecule has 0 radical (unpaired) electrons. The maximum absolute atomic E-state index is 15.3. The van der Waals surface area contributed by atoms with Crippen molar-refractivity contribution in [1.29, 1.82) is 0 Å². The quantitative estimate of drug-likeness (QED) is 0.479. The monoisotopic (exact) mass is 469 g/mol. The smallest absolute Gasteiger partial charge is 0.350 e. The minimum atomic E-state index is -0.755. The number of amides is 1. The number of nitrogens with one attached hydrogen (secondary N) is 1. The summed E-state index contributed by atoms with van der Waals surface area (Å²) >= 11 is 0. The molecule has 3 N–H and O–H groups in total. The first-order valence-electron chi connectivity index (χ1n) is 11.4. The maximum atomic E-state index is 15.3. The van der Waals surface area contributed by atoms with Gasteiger partial charge in [-0.1, -0.05) is 20.3 Å². The fourth-order valence-electron chi connectivity index (χ4n) is 3.98. The minimum Gasteiger partial charge on any atom is -0.490 e. The van der Waals surface area contributed by atoms with Crippen molar-refractivity contribution in [1.82, 2.24) is 14.3 Å². The number of rotatable bonds is 8. The van der Waals surface area contributed by atoms with Crippen LogP contribution >= 0.6 is 0 Å². The largest absolute Gasteiger partial charge is 0.490 e. The summed E-state index contributed by atoms with van der Waals surface area (Å²) in [5, 5.41) is 7.11. The second-order valence-electron chi connectivity index (χ2n) is 8.52. The molecule has 2 aromatic carbocycles. The molecule has 1 amide bonds. The highest BCUT2D eigenvalue weighted by atomic mass is 19.1. The van der Waals surface area contributed by atoms with E-state index < -0.39 is 17.4 Å². The van der Waals surface area contributed by atoms with E-state index in [9.17, 15) is 9.59 Å². The average molecular weight is 470 g/mol. The van der Waals surface area contributed by atoms with E-state index in [2.05, 4.69) is 10.4 Å². The summed E-state index contributed by atoms with van der Waals surface area (Å²) in [6.45, 7) is 9.43. The third kappa shape index (κ3) is 4.98. The van der Waals surface area contributed by atoms with E-state index in [1.165, 1.54) is 10.6 Å². The molecule has 0 saturated carbocycles. The van der Waals surface area contributed by atoms with Crippen LogP contribution in [-0.2, 0) is 13.5 Å². The molecule has 0 spiro atoms. The van der Waals surface area contributed by atoms with Crippen molar-refractivity contribution in [2.75, 3.05) is 11.1 Å². The predicted octanol–water partition coefficient (Wildman–Crippen LogP) is 4.29. The molecule has 0 aliphatic carbocycles. The number of nitrogens with two attached hydrogens (primary N) is 1. The Bertz CT molecular complexity index is 1260. The van der Waals surface area contributed by atoms with Crippen LogP contribution in [0.25, 0.3) is 5.69 Å². The number of hydrogen-bond acceptors (Lipinski definition) is 5. The summed E-state index contributed by atoms with van der Waals surface area (Å²) in [4.78, 5) is 25.9. The van der Waals surface area contributed by atoms with E-state index in [0.717, 1.165) is 34.7 Å². The fourth-order valence-corrected chi connectivity index (χ4v) is 3.98. The van der Waals surface area contributed by atoms with Crippen molar-refractivity contribution < 1.29 is 13.9 Å². The van der Waals surface area contributed by atoms with Crippen LogP contribution < -0.4 is 21.5 Å². The number of aromatic nitrogens is 3. The van der Waals surface area contributed by atoms with Crippen molar-refractivity contribution in [2.45, 2.75) is 60.0 Å². The third-order valence-corrected chi connectivity index (χ3v) is 5.73. The summed E-state index contributed by atoms with van der Waals surface area (Å²) in [5.41, 5.74) is 8.13. The number of nitrogen functional groups attached to an aromatic ring is 1. The first-order chi connectivity index (χ1) is 16.1. The van der Waals surface area contributed by atoms with E-state index in [-0.39, 0.29) is 23.1 Å². The van der Waals surface area contributed by atoms with Crippen molar-refractivity contribution in [3.8, 4) is 11.4 Å². The van der Waals surface area contributed by atoms with Crippen molar-refractivity contribution in [2.24, 2.45) is 7.05 Å². The van der Waals surface area contributed by atoms with Crippen LogP contribution in [0.5, 0.6) is 5.75 Å². The summed E-state index contributed by atoms with van der Waals surface area (Å²) < 4.78 is 23.7. The lowest BCUT2D eigenvalue weighted by molar-refractivity contribution is 0.101. The van der Waals surface area contributed by atoms with Crippen molar-refractivity contribution in [3.63, 3.8) is 0 Å². The molecule has 3 aromatic rings. The molecule has 0 saturated heterocycles. The molecule has 0 aliphatic rings. The number of halogens is 1. The van der Waals surface area contributed by atoms with Gasteiger partial charge in [0.2, 0.25) is 0 Å². The molecule has 1 heterocycles. The average Bonchev–Trinajstić information content (AvgIpc) is 3.05. The van der Waals surface area contributed by atoms with Crippen LogP contribution in [0, 0.1) is 19.7 Å². The Hall–Kier alpha value is -3.62. The van der Waals surface area contributed by atoms with Gasteiger partial charge in [-0.15, -0.1) is 5.10 Å². The normalized spacial score (nSPS) is 12.0. The number of nitrogens with zero attached hydrogens (tertiary/aromatic N) is 3. The summed E-state index contributed by atoms with van der Waals surface area (Å²) in [7, 11) is 1.59. The third-order valence-electron chi connectivity index (χ3n) is 5.73. The van der Waals surface area contributed by atoms with Crippen LogP contribution in [0.15, 0.2) is 29.1 Å². The Morgan fingerprint density at radius 2 is 1.85 bits per heavy atom. The number of hydrogen-bond donors (Lipinski definition) is 2. The Kier molecular flexibility index (Phi) is 7.44. The van der Waals surface area contributed by atoms with Crippen LogP contribution in [-0.4, -0.2) is 26.4 Å². The lowest BCUT2D eigenvalue weighted by Gasteiger charge is -2.19. The topological polar surface area (TPSA) is 104 Å². The van der Waals surface area contributed by atoms with Crippen molar-refractivity contribution in [3.05, 3.63) is 63.1 Å². The first-order valence-corrected chi connectivity index (χ1v) is 11.4. The van der Waals surface area contributed by atoms with Gasteiger partial charge in [0, 0.05) is 30.9 Å². The van der Waals surface area contributed by atoms with Gasteiger partial charge in [0.05, 0.1) is 11.7 Å². The lowest BCUT2D eigenvalue weighted by Crippen LogP contribution is -2.24. The summed E-state index contributed by atoms with van der Waals surface area (Å²) in [6.07, 6.45) is 1.91. The van der Waals surface area contributed by atoms with Crippen LogP contribution in [0.1, 0.15) is 60.9 Å². The molecule has 8 nitrogen and oxygen atoms in total. The van der Waals surface area contributed by atoms with Gasteiger partial charge in [-0.25, -0.2) is 9.18 Å². The molecule has 0 fully saturated rings. The van der Waals surface area contributed by atoms with E-state index in [0.29, 0.717) is 23.6 Å². The molecule has 9 heteroatoms. The van der Waals surface area contributed by atoms with Crippen LogP contribution in [0.3, 0.4) is 0 Å². The SMILES string of the molecule is CCCC(C)Oc1cc(-n2nc(CC)n(C)c2=O)c(F)cc1C(=O)Nc1c(C)cc(N)cc1C. The molecule has 0 aliphatic heterocycles. The zero-order chi connectivity index (χ0) is 25.2. The zero-order valence-electron chi connectivity index (χ0n) is 20.5. The number of carbonyl (C=O) groups excluding carboxylic acids is 1. The Morgan fingerprint density at radius 1 is 1.21 bits per heavy atom. The number of ether oxygens (including phenoxy) is 1. The molecule has 34 heavy (non-hydrogen) atoms. The molecule has 1 aromatic heterocycles. The molecular weight excluding hydrogens is 437 g/mol. The predicted molar refractivity (Wildman–Crippen MR) is 131 cm³/mol. The van der Waals surface area contributed by atoms with Gasteiger partial charge >= 0.3 is 5.69 Å². The van der Waals surface area contributed by atoms with Gasteiger partial charge in [-0.05, 0) is 56.5 Å². The number of anilines is 2. The molecule has 182 valence electrons. The van der Waals surface area contributed by atoms with Gasteiger partial charge in [0.15, 0.2) is 0 Å². The Labute approximate surface area is 198 Å². The van der Waals surface area contributed by atoms with E-state index in [4.69, 9.17) is 10.5 Å². The molecular formula is C25H32FN5O3. The highest BCUT2D eigenvalue weighted by molar-refractivity contribution is 6.07. The van der Waals surface area contributed by atoms with E-state index >= 15 is 4.39 Å². The number of aryl methyl sites for hydroxylation is 3. The van der Waals surface area contributed by atoms with Crippen LogP contribution in [0.2, 0.25) is 0 Å². The highest BCUT2D eigenvalue weighted by Crippen LogP contribution is 2.29. The molecule has 3 rings (SSSR count). The molecule has 0 bridgehead atoms. The van der Waals surface area contributed by atoms with E-state index in [1.54, 1.807) is 19.2 Å². The van der Waals surface area contributed by atoms with Gasteiger partial charge < -0.3 is 15.8 Å². The Morgan fingerprint density at radius 3 is 2.41 bits per heavy atom. The second kappa shape index (κ2) is 10.1. The van der Waals surface area contributed by atoms with Gasteiger partial charge in [0.25, 0.3) is 5.91 Å². The van der Waals surface area contributed by atoms with Crippen LogP contribution in [0.4, 0.5) is 15.8 Å². The highest BCUT2D eigenvalue weighted by Gasteiger charge is 2.23. The second-order valence-corrected chi connectivity index (χ2v) is 8.52. The fraction of sp³-hybridized carbons (Fsp3) is 0.400. The molecule has 1 unspecified atom stereocenters. The van der Waals surface area contributed by atoms with Gasteiger partial charge in [-0.3, -0.25) is 9.36 Å². The maximum Gasteiger partial charge on any atom is 0.350 e. The number of benzene rings is 2. The Balaban J connectivity index is 2.10. The first kappa shape index (κ1) is 25.0. The van der Waals surface area contributed by atoms with Gasteiger partial charge in [0.1, 0.15) is 23.1 Å².